The van der Waals surface area contributed by atoms with Crippen molar-refractivity contribution in [3.8, 4) is 5.75 Å². The Morgan fingerprint density at radius 2 is 1.73 bits per heavy atom. The van der Waals surface area contributed by atoms with Crippen molar-refractivity contribution in [3.05, 3.63) is 63.8 Å². The zero-order valence-electron chi connectivity index (χ0n) is 15.7. The SMILES string of the molecule is Cc1cc(C2=C(Oc3ccc(Br)cc3)C(=O)O[C@H]2C(F)C(F)F)ccc1S(C)(=O)=O. The topological polar surface area (TPSA) is 69.7 Å². The van der Waals surface area contributed by atoms with E-state index in [9.17, 15) is 26.4 Å². The van der Waals surface area contributed by atoms with E-state index in [1.807, 2.05) is 0 Å². The molecule has 0 spiro atoms. The summed E-state index contributed by atoms with van der Waals surface area (Å²) in [5.74, 6) is -1.32. The fourth-order valence-corrected chi connectivity index (χ4v) is 4.29. The van der Waals surface area contributed by atoms with Crippen LogP contribution in [0.25, 0.3) is 5.57 Å². The molecule has 0 saturated heterocycles. The lowest BCUT2D eigenvalue weighted by Crippen LogP contribution is -2.30. The van der Waals surface area contributed by atoms with Crippen LogP contribution in [0.3, 0.4) is 0 Å². The number of alkyl halides is 3. The van der Waals surface area contributed by atoms with Gasteiger partial charge in [-0.05, 0) is 48.4 Å². The number of halogens is 4. The van der Waals surface area contributed by atoms with Crippen molar-refractivity contribution >= 4 is 37.3 Å². The summed E-state index contributed by atoms with van der Waals surface area (Å²) in [5.41, 5.74) is 0.237. The molecular formula is C20H16BrF3O5S. The number of sulfone groups is 1. The summed E-state index contributed by atoms with van der Waals surface area (Å²) in [6.45, 7) is 1.50. The van der Waals surface area contributed by atoms with Crippen LogP contribution in [0.15, 0.2) is 57.6 Å². The molecule has 0 aromatic heterocycles. The number of hydrogen-bond donors (Lipinski definition) is 0. The van der Waals surface area contributed by atoms with Gasteiger partial charge in [-0.25, -0.2) is 26.4 Å². The minimum atomic E-state index is -3.54. The minimum Gasteiger partial charge on any atom is -0.449 e. The van der Waals surface area contributed by atoms with E-state index in [0.717, 1.165) is 10.7 Å². The van der Waals surface area contributed by atoms with Crippen LogP contribution in [0, 0.1) is 6.92 Å². The van der Waals surface area contributed by atoms with E-state index >= 15 is 0 Å². The van der Waals surface area contributed by atoms with E-state index in [1.54, 1.807) is 12.1 Å². The number of aryl methyl sites for hydroxylation is 1. The molecular weight excluding hydrogens is 489 g/mol. The van der Waals surface area contributed by atoms with Crippen LogP contribution in [0.4, 0.5) is 13.2 Å². The standard InChI is InChI=1S/C20H16BrF3O5S/c1-10-9-11(3-8-14(10)30(2,26)27)15-17(16(22)19(23)24)29-20(25)18(15)28-13-6-4-12(21)5-7-13/h3-9,16-17,19H,1-2H3/t16?,17-/m1/s1. The average Bonchev–Trinajstić information content (AvgIpc) is 2.98. The lowest BCUT2D eigenvalue weighted by molar-refractivity contribution is -0.146. The van der Waals surface area contributed by atoms with Crippen molar-refractivity contribution in [3.63, 3.8) is 0 Å². The molecule has 0 aliphatic carbocycles. The van der Waals surface area contributed by atoms with Gasteiger partial charge in [0.15, 0.2) is 15.9 Å². The molecule has 3 rings (SSSR count). The smallest absolute Gasteiger partial charge is 0.375 e. The van der Waals surface area contributed by atoms with Crippen LogP contribution in [0.2, 0.25) is 0 Å². The number of cyclic esters (lactones) is 1. The lowest BCUT2D eigenvalue weighted by Gasteiger charge is -2.18. The first-order valence-electron chi connectivity index (χ1n) is 8.61. The predicted molar refractivity (Wildman–Crippen MR) is 107 cm³/mol. The lowest BCUT2D eigenvalue weighted by atomic mass is 9.96. The van der Waals surface area contributed by atoms with Gasteiger partial charge in [0.2, 0.25) is 11.9 Å². The van der Waals surface area contributed by atoms with Crippen LogP contribution < -0.4 is 4.74 Å². The fraction of sp³-hybridized carbons (Fsp3) is 0.250. The zero-order chi connectivity index (χ0) is 22.2. The third kappa shape index (κ3) is 4.54. The van der Waals surface area contributed by atoms with Gasteiger partial charge in [0.05, 0.1) is 10.5 Å². The second kappa shape index (κ2) is 8.43. The van der Waals surface area contributed by atoms with Gasteiger partial charge in [0.1, 0.15) is 5.75 Å². The third-order valence-electron chi connectivity index (χ3n) is 4.40. The maximum Gasteiger partial charge on any atom is 0.375 e. The number of esters is 1. The Balaban J connectivity index is 2.15. The molecule has 0 N–H and O–H groups in total. The quantitative estimate of drug-likeness (QED) is 0.542. The Morgan fingerprint density at radius 1 is 1.10 bits per heavy atom. The Bertz CT molecular complexity index is 1110. The van der Waals surface area contributed by atoms with Gasteiger partial charge in [0, 0.05) is 10.7 Å². The summed E-state index contributed by atoms with van der Waals surface area (Å²) in [6, 6.07) is 10.2. The zero-order valence-corrected chi connectivity index (χ0v) is 18.1. The van der Waals surface area contributed by atoms with Crippen LogP contribution in [-0.4, -0.2) is 39.3 Å². The Morgan fingerprint density at radius 3 is 2.27 bits per heavy atom. The summed E-state index contributed by atoms with van der Waals surface area (Å²) in [6.07, 6.45) is -7.06. The highest BCUT2D eigenvalue weighted by Gasteiger charge is 2.45. The second-order valence-corrected chi connectivity index (χ2v) is 9.56. The highest BCUT2D eigenvalue weighted by molar-refractivity contribution is 9.10. The third-order valence-corrected chi connectivity index (χ3v) is 6.18. The molecule has 2 aromatic rings. The molecule has 0 amide bonds. The molecule has 2 aromatic carbocycles. The van der Waals surface area contributed by atoms with E-state index in [4.69, 9.17) is 9.47 Å². The van der Waals surface area contributed by atoms with E-state index in [0.29, 0.717) is 5.56 Å². The molecule has 160 valence electrons. The number of carbonyl (C=O) groups is 1. The normalized spacial score (nSPS) is 18.0. The average molecular weight is 505 g/mol. The van der Waals surface area contributed by atoms with E-state index in [-0.39, 0.29) is 21.8 Å². The molecule has 10 heteroatoms. The van der Waals surface area contributed by atoms with E-state index < -0.39 is 40.3 Å². The summed E-state index contributed by atoms with van der Waals surface area (Å²) in [7, 11) is -3.54. The van der Waals surface area contributed by atoms with Crippen LogP contribution in [0.1, 0.15) is 11.1 Å². The van der Waals surface area contributed by atoms with Gasteiger partial charge in [-0.2, -0.15) is 0 Å². The number of hydrogen-bond acceptors (Lipinski definition) is 5. The van der Waals surface area contributed by atoms with Gasteiger partial charge in [-0.1, -0.05) is 28.1 Å². The fourth-order valence-electron chi connectivity index (χ4n) is 3.07. The van der Waals surface area contributed by atoms with Crippen molar-refractivity contribution < 1.29 is 35.9 Å². The predicted octanol–water partition coefficient (Wildman–Crippen LogP) is 4.48. The van der Waals surface area contributed by atoms with Crippen LogP contribution in [0.5, 0.6) is 5.75 Å². The maximum atomic E-state index is 14.3. The van der Waals surface area contributed by atoms with Crippen molar-refractivity contribution in [1.82, 2.24) is 0 Å². The van der Waals surface area contributed by atoms with Gasteiger partial charge in [-0.3, -0.25) is 0 Å². The molecule has 0 bridgehead atoms. The monoisotopic (exact) mass is 504 g/mol. The largest absolute Gasteiger partial charge is 0.449 e. The minimum absolute atomic E-state index is 0.0228. The molecule has 5 nitrogen and oxygen atoms in total. The molecule has 2 atom stereocenters. The molecule has 1 aliphatic rings. The highest BCUT2D eigenvalue weighted by atomic mass is 79.9. The van der Waals surface area contributed by atoms with Gasteiger partial charge < -0.3 is 9.47 Å². The first-order valence-corrected chi connectivity index (χ1v) is 11.3. The molecule has 0 fully saturated rings. The molecule has 1 heterocycles. The molecule has 0 radical (unpaired) electrons. The van der Waals surface area contributed by atoms with E-state index in [2.05, 4.69) is 15.9 Å². The van der Waals surface area contributed by atoms with E-state index in [1.165, 1.54) is 37.3 Å². The molecule has 30 heavy (non-hydrogen) atoms. The molecule has 0 saturated carbocycles. The number of carbonyl (C=O) groups excluding carboxylic acids is 1. The molecule has 1 unspecified atom stereocenters. The van der Waals surface area contributed by atoms with Crippen molar-refractivity contribution in [2.45, 2.75) is 30.5 Å². The Kier molecular flexibility index (Phi) is 6.28. The first kappa shape index (κ1) is 22.4. The first-order chi connectivity index (χ1) is 14.0. The van der Waals surface area contributed by atoms with Gasteiger partial charge in [0.25, 0.3) is 6.43 Å². The summed E-state index contributed by atoms with van der Waals surface area (Å²) >= 11 is 3.25. The summed E-state index contributed by atoms with van der Waals surface area (Å²) < 4.78 is 75.3. The summed E-state index contributed by atoms with van der Waals surface area (Å²) in [4.78, 5) is 12.4. The summed E-state index contributed by atoms with van der Waals surface area (Å²) in [5, 5.41) is 0. The van der Waals surface area contributed by atoms with Crippen LogP contribution >= 0.6 is 15.9 Å². The highest BCUT2D eigenvalue weighted by Crippen LogP contribution is 2.38. The number of rotatable bonds is 6. The van der Waals surface area contributed by atoms with Crippen molar-refractivity contribution in [1.29, 1.82) is 0 Å². The second-order valence-electron chi connectivity index (χ2n) is 6.66. The Hall–Kier alpha value is -2.33. The number of ether oxygens (including phenoxy) is 2. The van der Waals surface area contributed by atoms with Crippen molar-refractivity contribution in [2.75, 3.05) is 6.26 Å². The molecule has 1 aliphatic heterocycles. The maximum absolute atomic E-state index is 14.3. The van der Waals surface area contributed by atoms with Crippen LogP contribution in [-0.2, 0) is 19.4 Å². The van der Waals surface area contributed by atoms with Gasteiger partial charge in [-0.15, -0.1) is 0 Å². The number of benzene rings is 2. The van der Waals surface area contributed by atoms with Crippen molar-refractivity contribution in [2.24, 2.45) is 0 Å². The Labute approximate surface area is 179 Å². The van der Waals surface area contributed by atoms with Gasteiger partial charge >= 0.3 is 5.97 Å².